The predicted molar refractivity (Wildman–Crippen MR) is 97.8 cm³/mol. The molecule has 0 spiro atoms. The number of hydrogen-bond acceptors (Lipinski definition) is 4. The van der Waals surface area contributed by atoms with Gasteiger partial charge in [0.25, 0.3) is 0 Å². The van der Waals surface area contributed by atoms with Crippen LogP contribution in [0.3, 0.4) is 0 Å². The van der Waals surface area contributed by atoms with Gasteiger partial charge >= 0.3 is 0 Å². The molecular weight excluding hydrogens is 383 g/mol. The molecular formula is C17H11Cl3N4O. The second-order valence-electron chi connectivity index (χ2n) is 5.18. The van der Waals surface area contributed by atoms with Gasteiger partial charge in [0.15, 0.2) is 5.15 Å². The normalized spacial score (nSPS) is 12.0. The highest BCUT2D eigenvalue weighted by Crippen LogP contribution is 2.36. The average Bonchev–Trinajstić information content (AvgIpc) is 2.59. The van der Waals surface area contributed by atoms with Gasteiger partial charge in [0.2, 0.25) is 5.91 Å². The maximum Gasteiger partial charge on any atom is 0.231 e. The van der Waals surface area contributed by atoms with Crippen LogP contribution in [0.2, 0.25) is 15.2 Å². The van der Waals surface area contributed by atoms with Crippen LogP contribution in [0.25, 0.3) is 11.1 Å². The number of amides is 1. The SMILES string of the molecule is NC(=O)C(c1cc(-c2ccncc2)c(Cl)nn1)c1c(Cl)cccc1Cl. The highest BCUT2D eigenvalue weighted by Gasteiger charge is 2.28. The van der Waals surface area contributed by atoms with Crippen molar-refractivity contribution in [1.29, 1.82) is 0 Å². The Balaban J connectivity index is 2.18. The van der Waals surface area contributed by atoms with Gasteiger partial charge < -0.3 is 5.73 Å². The van der Waals surface area contributed by atoms with E-state index in [0.29, 0.717) is 26.9 Å². The van der Waals surface area contributed by atoms with Gasteiger partial charge in [-0.25, -0.2) is 0 Å². The third-order valence-electron chi connectivity index (χ3n) is 3.63. The third kappa shape index (κ3) is 3.58. The molecule has 0 aliphatic heterocycles. The Morgan fingerprint density at radius 1 is 1.00 bits per heavy atom. The molecule has 0 aliphatic carbocycles. The lowest BCUT2D eigenvalue weighted by Gasteiger charge is -2.17. The van der Waals surface area contributed by atoms with Crippen molar-refractivity contribution >= 4 is 40.7 Å². The maximum absolute atomic E-state index is 12.1. The number of rotatable bonds is 4. The number of carbonyl (C=O) groups is 1. The first kappa shape index (κ1) is 17.6. The first-order valence-electron chi connectivity index (χ1n) is 7.15. The van der Waals surface area contributed by atoms with Crippen molar-refractivity contribution in [2.75, 3.05) is 0 Å². The van der Waals surface area contributed by atoms with Gasteiger partial charge in [-0.1, -0.05) is 40.9 Å². The van der Waals surface area contributed by atoms with Crippen LogP contribution in [0.5, 0.6) is 0 Å². The van der Waals surface area contributed by atoms with Gasteiger partial charge in [0, 0.05) is 33.6 Å². The van der Waals surface area contributed by atoms with Gasteiger partial charge in [0.1, 0.15) is 5.92 Å². The van der Waals surface area contributed by atoms with Crippen LogP contribution in [-0.4, -0.2) is 21.1 Å². The summed E-state index contributed by atoms with van der Waals surface area (Å²) in [5.41, 5.74) is 7.67. The second-order valence-corrected chi connectivity index (χ2v) is 6.35. The van der Waals surface area contributed by atoms with E-state index < -0.39 is 11.8 Å². The van der Waals surface area contributed by atoms with Crippen LogP contribution in [-0.2, 0) is 4.79 Å². The summed E-state index contributed by atoms with van der Waals surface area (Å²) in [5, 5.41) is 8.81. The number of benzene rings is 1. The summed E-state index contributed by atoms with van der Waals surface area (Å²) in [4.78, 5) is 16.1. The average molecular weight is 394 g/mol. The van der Waals surface area contributed by atoms with Gasteiger partial charge in [0.05, 0.1) is 5.69 Å². The van der Waals surface area contributed by atoms with E-state index in [1.54, 1.807) is 48.8 Å². The molecule has 126 valence electrons. The van der Waals surface area contributed by atoms with Crippen molar-refractivity contribution in [3.63, 3.8) is 0 Å². The minimum atomic E-state index is -0.952. The molecule has 0 saturated carbocycles. The zero-order valence-corrected chi connectivity index (χ0v) is 14.9. The molecule has 8 heteroatoms. The van der Waals surface area contributed by atoms with Gasteiger partial charge in [-0.3, -0.25) is 9.78 Å². The summed E-state index contributed by atoms with van der Waals surface area (Å²) in [6.07, 6.45) is 3.25. The van der Waals surface area contributed by atoms with E-state index in [-0.39, 0.29) is 5.15 Å². The van der Waals surface area contributed by atoms with Crippen LogP contribution < -0.4 is 5.73 Å². The lowest BCUT2D eigenvalue weighted by molar-refractivity contribution is -0.118. The molecule has 1 unspecified atom stereocenters. The van der Waals surface area contributed by atoms with Crippen molar-refractivity contribution in [2.24, 2.45) is 5.73 Å². The van der Waals surface area contributed by atoms with E-state index in [0.717, 1.165) is 5.56 Å². The molecule has 2 aromatic heterocycles. The third-order valence-corrected chi connectivity index (χ3v) is 4.57. The van der Waals surface area contributed by atoms with Crippen molar-refractivity contribution in [3.8, 4) is 11.1 Å². The molecule has 3 rings (SSSR count). The number of pyridine rings is 1. The van der Waals surface area contributed by atoms with Crippen LogP contribution in [0.1, 0.15) is 17.2 Å². The highest BCUT2D eigenvalue weighted by molar-refractivity contribution is 6.36. The molecule has 0 saturated heterocycles. The summed E-state index contributed by atoms with van der Waals surface area (Å²) >= 11 is 18.6. The van der Waals surface area contributed by atoms with E-state index in [2.05, 4.69) is 15.2 Å². The van der Waals surface area contributed by atoms with E-state index >= 15 is 0 Å². The summed E-state index contributed by atoms with van der Waals surface area (Å²) in [5.74, 6) is -1.60. The highest BCUT2D eigenvalue weighted by atomic mass is 35.5. The van der Waals surface area contributed by atoms with E-state index in [4.69, 9.17) is 40.5 Å². The molecule has 0 fully saturated rings. The monoisotopic (exact) mass is 392 g/mol. The summed E-state index contributed by atoms with van der Waals surface area (Å²) < 4.78 is 0. The fourth-order valence-corrected chi connectivity index (χ4v) is 3.31. The van der Waals surface area contributed by atoms with Crippen molar-refractivity contribution in [2.45, 2.75) is 5.92 Å². The summed E-state index contributed by atoms with van der Waals surface area (Å²) in [6, 6.07) is 10.1. The topological polar surface area (TPSA) is 81.8 Å². The molecule has 1 aromatic carbocycles. The summed E-state index contributed by atoms with van der Waals surface area (Å²) in [7, 11) is 0. The Bertz CT molecular complexity index is 914. The Hall–Kier alpha value is -2.21. The maximum atomic E-state index is 12.1. The van der Waals surface area contributed by atoms with E-state index in [9.17, 15) is 4.79 Å². The number of halogens is 3. The lowest BCUT2D eigenvalue weighted by Crippen LogP contribution is -2.24. The zero-order valence-electron chi connectivity index (χ0n) is 12.7. The number of hydrogen-bond donors (Lipinski definition) is 1. The molecule has 0 radical (unpaired) electrons. The molecule has 5 nitrogen and oxygen atoms in total. The Morgan fingerprint density at radius 2 is 1.64 bits per heavy atom. The van der Waals surface area contributed by atoms with Gasteiger partial charge in [-0.15, -0.1) is 5.10 Å². The fourth-order valence-electron chi connectivity index (χ4n) is 2.49. The summed E-state index contributed by atoms with van der Waals surface area (Å²) in [6.45, 7) is 0. The number of aromatic nitrogens is 3. The molecule has 1 atom stereocenters. The second kappa shape index (κ2) is 7.35. The zero-order chi connectivity index (χ0) is 18.0. The van der Waals surface area contributed by atoms with Crippen LogP contribution >= 0.6 is 34.8 Å². The van der Waals surface area contributed by atoms with E-state index in [1.165, 1.54) is 0 Å². The Labute approximate surface area is 158 Å². The smallest absolute Gasteiger partial charge is 0.231 e. The minimum absolute atomic E-state index is 0.198. The molecule has 25 heavy (non-hydrogen) atoms. The number of primary amides is 1. The standard InChI is InChI=1S/C17H11Cl3N4O/c18-11-2-1-3-12(19)14(11)15(17(21)25)13-8-10(16(20)24-23-13)9-4-6-22-7-5-9/h1-8,15H,(H2,21,25). The molecule has 0 aliphatic rings. The predicted octanol–water partition coefficient (Wildman–Crippen LogP) is 4.12. The first-order chi connectivity index (χ1) is 12.0. The largest absolute Gasteiger partial charge is 0.369 e. The number of nitrogens with two attached hydrogens (primary N) is 1. The van der Waals surface area contributed by atoms with Crippen molar-refractivity contribution < 1.29 is 4.79 Å². The molecule has 2 N–H and O–H groups in total. The number of carbonyl (C=O) groups excluding carboxylic acids is 1. The molecule has 1 amide bonds. The quantitative estimate of drug-likeness (QED) is 0.723. The Morgan fingerprint density at radius 3 is 2.24 bits per heavy atom. The van der Waals surface area contributed by atoms with Crippen LogP contribution in [0, 0.1) is 0 Å². The number of nitrogens with zero attached hydrogens (tertiary/aromatic N) is 3. The fraction of sp³-hybridized carbons (Fsp3) is 0.0588. The van der Waals surface area contributed by atoms with Crippen molar-refractivity contribution in [3.05, 3.63) is 75.2 Å². The van der Waals surface area contributed by atoms with Crippen LogP contribution in [0.15, 0.2) is 48.8 Å². The molecule has 0 bridgehead atoms. The van der Waals surface area contributed by atoms with Gasteiger partial charge in [-0.05, 0) is 35.9 Å². The molecule has 2 heterocycles. The van der Waals surface area contributed by atoms with Crippen molar-refractivity contribution in [1.82, 2.24) is 15.2 Å². The Kier molecular flexibility index (Phi) is 5.18. The minimum Gasteiger partial charge on any atom is -0.369 e. The lowest BCUT2D eigenvalue weighted by atomic mass is 9.93. The van der Waals surface area contributed by atoms with Gasteiger partial charge in [-0.2, -0.15) is 5.10 Å². The van der Waals surface area contributed by atoms with E-state index in [1.807, 2.05) is 0 Å². The molecule has 3 aromatic rings. The first-order valence-corrected chi connectivity index (χ1v) is 8.29. The van der Waals surface area contributed by atoms with Crippen LogP contribution in [0.4, 0.5) is 0 Å².